The smallest absolute Gasteiger partial charge is 0.322 e. The van der Waals surface area contributed by atoms with Gasteiger partial charge in [0.05, 0.1) is 11.4 Å². The van der Waals surface area contributed by atoms with Gasteiger partial charge in [-0.1, -0.05) is 0 Å². The monoisotopic (exact) mass is 389 g/mol. The number of urea groups is 1. The number of aromatic nitrogens is 1. The van der Waals surface area contributed by atoms with Gasteiger partial charge < -0.3 is 15.2 Å². The van der Waals surface area contributed by atoms with Gasteiger partial charge in [0.1, 0.15) is 5.82 Å². The molecule has 0 radical (unpaired) electrons. The largest absolute Gasteiger partial charge is 0.328 e. The summed E-state index contributed by atoms with van der Waals surface area (Å²) in [7, 11) is 1.52. The molecule has 0 unspecified atom stereocenters. The minimum absolute atomic E-state index is 0.00813. The molecule has 2 N–H and O–H groups in total. The Hall–Kier alpha value is -3.29. The van der Waals surface area contributed by atoms with Gasteiger partial charge in [0.15, 0.2) is 11.6 Å². The highest BCUT2D eigenvalue weighted by Crippen LogP contribution is 2.27. The summed E-state index contributed by atoms with van der Waals surface area (Å²) in [5.74, 6) is -2.59. The predicted octanol–water partition coefficient (Wildman–Crippen LogP) is 4.48. The standard InChI is InChI=1S/C20H18F3N3O2/c1-10-6-12(4-5-16(10)21)25-20(28)26(3)11(2)15-9-24-19(27)14-8-18(23)17(22)7-13(14)15/h4-9,11H,1-3H3,(H,24,27)(H,25,28)/t11-/m0/s1. The zero-order chi connectivity index (χ0) is 20.6. The van der Waals surface area contributed by atoms with Crippen LogP contribution in [-0.2, 0) is 0 Å². The molecule has 8 heteroatoms. The number of carbonyl (C=O) groups excluding carboxylic acids is 1. The molecular formula is C20H18F3N3O2. The van der Waals surface area contributed by atoms with Gasteiger partial charge >= 0.3 is 6.03 Å². The van der Waals surface area contributed by atoms with Crippen LogP contribution in [0.15, 0.2) is 41.3 Å². The molecule has 0 saturated carbocycles. The van der Waals surface area contributed by atoms with Gasteiger partial charge in [0, 0.05) is 18.9 Å². The number of hydrogen-bond donors (Lipinski definition) is 2. The second-order valence-electron chi connectivity index (χ2n) is 6.57. The molecule has 2 aromatic carbocycles. The number of carbonyl (C=O) groups is 1. The quantitative estimate of drug-likeness (QED) is 0.694. The van der Waals surface area contributed by atoms with E-state index in [9.17, 15) is 22.8 Å². The second kappa shape index (κ2) is 7.38. The van der Waals surface area contributed by atoms with Gasteiger partial charge in [0.25, 0.3) is 5.56 Å². The van der Waals surface area contributed by atoms with E-state index < -0.39 is 29.3 Å². The lowest BCUT2D eigenvalue weighted by Gasteiger charge is -2.26. The Morgan fingerprint density at radius 2 is 1.71 bits per heavy atom. The third-order valence-electron chi connectivity index (χ3n) is 4.74. The van der Waals surface area contributed by atoms with E-state index in [-0.39, 0.29) is 16.6 Å². The number of fused-ring (bicyclic) bond motifs is 1. The van der Waals surface area contributed by atoms with Crippen LogP contribution < -0.4 is 10.9 Å². The predicted molar refractivity (Wildman–Crippen MR) is 101 cm³/mol. The van der Waals surface area contributed by atoms with Crippen molar-refractivity contribution in [3.8, 4) is 0 Å². The van der Waals surface area contributed by atoms with Crippen LogP contribution in [0, 0.1) is 24.4 Å². The zero-order valence-electron chi connectivity index (χ0n) is 15.4. The highest BCUT2D eigenvalue weighted by Gasteiger charge is 2.21. The van der Waals surface area contributed by atoms with Crippen molar-refractivity contribution in [3.63, 3.8) is 0 Å². The maximum atomic E-state index is 13.7. The van der Waals surface area contributed by atoms with Gasteiger partial charge in [-0.2, -0.15) is 0 Å². The maximum absolute atomic E-state index is 13.7. The maximum Gasteiger partial charge on any atom is 0.322 e. The first-order chi connectivity index (χ1) is 13.2. The van der Waals surface area contributed by atoms with Crippen molar-refractivity contribution in [1.29, 1.82) is 0 Å². The fraction of sp³-hybridized carbons (Fsp3) is 0.200. The molecule has 3 rings (SSSR count). The first kappa shape index (κ1) is 19.5. The summed E-state index contributed by atoms with van der Waals surface area (Å²) in [6.07, 6.45) is 1.37. The average Bonchev–Trinajstić information content (AvgIpc) is 2.65. The molecular weight excluding hydrogens is 371 g/mol. The van der Waals surface area contributed by atoms with E-state index in [0.717, 1.165) is 12.1 Å². The van der Waals surface area contributed by atoms with Crippen molar-refractivity contribution in [2.75, 3.05) is 12.4 Å². The van der Waals surface area contributed by atoms with E-state index in [1.54, 1.807) is 13.8 Å². The van der Waals surface area contributed by atoms with Gasteiger partial charge in [-0.3, -0.25) is 4.79 Å². The van der Waals surface area contributed by atoms with E-state index in [4.69, 9.17) is 0 Å². The molecule has 0 aliphatic heterocycles. The summed E-state index contributed by atoms with van der Waals surface area (Å²) in [5, 5.41) is 2.86. The minimum Gasteiger partial charge on any atom is -0.328 e. The number of benzene rings is 2. The molecule has 3 aromatic rings. The molecule has 146 valence electrons. The molecule has 0 aliphatic carbocycles. The van der Waals surface area contributed by atoms with Gasteiger partial charge in [-0.15, -0.1) is 0 Å². The van der Waals surface area contributed by atoms with E-state index in [2.05, 4.69) is 10.3 Å². The molecule has 0 spiro atoms. The van der Waals surface area contributed by atoms with Crippen molar-refractivity contribution in [1.82, 2.24) is 9.88 Å². The van der Waals surface area contributed by atoms with Crippen LogP contribution in [0.5, 0.6) is 0 Å². The third kappa shape index (κ3) is 3.58. The van der Waals surface area contributed by atoms with Crippen LogP contribution in [-0.4, -0.2) is 23.0 Å². The normalized spacial score (nSPS) is 12.1. The summed E-state index contributed by atoms with van der Waals surface area (Å²) < 4.78 is 40.6. The van der Waals surface area contributed by atoms with E-state index >= 15 is 0 Å². The Balaban J connectivity index is 1.92. The Labute approximate surface area is 158 Å². The van der Waals surface area contributed by atoms with Crippen molar-refractivity contribution >= 4 is 22.5 Å². The zero-order valence-corrected chi connectivity index (χ0v) is 15.4. The van der Waals surface area contributed by atoms with Gasteiger partial charge in [-0.25, -0.2) is 18.0 Å². The van der Waals surface area contributed by atoms with E-state index in [1.807, 2.05) is 0 Å². The highest BCUT2D eigenvalue weighted by molar-refractivity contribution is 5.90. The van der Waals surface area contributed by atoms with Gasteiger partial charge in [0.2, 0.25) is 0 Å². The number of halogens is 3. The van der Waals surface area contributed by atoms with Crippen LogP contribution >= 0.6 is 0 Å². The summed E-state index contributed by atoms with van der Waals surface area (Å²) in [6, 6.07) is 4.90. The number of aryl methyl sites for hydroxylation is 1. The molecule has 1 heterocycles. The first-order valence-corrected chi connectivity index (χ1v) is 8.49. The Morgan fingerprint density at radius 1 is 1.07 bits per heavy atom. The first-order valence-electron chi connectivity index (χ1n) is 8.49. The average molecular weight is 389 g/mol. The molecule has 0 aliphatic rings. The summed E-state index contributed by atoms with van der Waals surface area (Å²) in [4.78, 5) is 28.3. The molecule has 1 aromatic heterocycles. The number of rotatable bonds is 3. The van der Waals surface area contributed by atoms with Crippen LogP contribution in [0.2, 0.25) is 0 Å². The van der Waals surface area contributed by atoms with Crippen molar-refractivity contribution in [3.05, 3.63) is 75.5 Å². The topological polar surface area (TPSA) is 65.2 Å². The molecule has 0 saturated heterocycles. The number of anilines is 1. The van der Waals surface area contributed by atoms with E-state index in [1.165, 1.54) is 36.3 Å². The van der Waals surface area contributed by atoms with Gasteiger partial charge in [-0.05, 0) is 60.7 Å². The molecule has 28 heavy (non-hydrogen) atoms. The summed E-state index contributed by atoms with van der Waals surface area (Å²) in [5.41, 5.74) is 0.695. The number of hydrogen-bond acceptors (Lipinski definition) is 2. The molecule has 1 atom stereocenters. The van der Waals surface area contributed by atoms with Crippen molar-refractivity contribution < 1.29 is 18.0 Å². The summed E-state index contributed by atoms with van der Waals surface area (Å²) in [6.45, 7) is 3.27. The third-order valence-corrected chi connectivity index (χ3v) is 4.74. The van der Waals surface area contributed by atoms with Crippen molar-refractivity contribution in [2.24, 2.45) is 0 Å². The van der Waals surface area contributed by atoms with Crippen LogP contribution in [0.4, 0.5) is 23.7 Å². The lowest BCUT2D eigenvalue weighted by atomic mass is 10.0. The Bertz CT molecular complexity index is 1130. The fourth-order valence-electron chi connectivity index (χ4n) is 2.94. The lowest BCUT2D eigenvalue weighted by Crippen LogP contribution is -2.34. The Kier molecular flexibility index (Phi) is 5.13. The number of aromatic amines is 1. The number of amides is 2. The number of nitrogens with zero attached hydrogens (tertiary/aromatic N) is 1. The number of nitrogens with one attached hydrogen (secondary N) is 2. The molecule has 0 bridgehead atoms. The van der Waals surface area contributed by atoms with Crippen LogP contribution in [0.25, 0.3) is 10.8 Å². The minimum atomic E-state index is -1.12. The summed E-state index contributed by atoms with van der Waals surface area (Å²) >= 11 is 0. The SMILES string of the molecule is Cc1cc(NC(=O)N(C)[C@@H](C)c2c[nH]c(=O)c3cc(F)c(F)cc23)ccc1F. The Morgan fingerprint density at radius 3 is 2.36 bits per heavy atom. The lowest BCUT2D eigenvalue weighted by molar-refractivity contribution is 0.208. The van der Waals surface area contributed by atoms with Crippen LogP contribution in [0.3, 0.4) is 0 Å². The highest BCUT2D eigenvalue weighted by atomic mass is 19.2. The van der Waals surface area contributed by atoms with Crippen molar-refractivity contribution in [2.45, 2.75) is 19.9 Å². The second-order valence-corrected chi connectivity index (χ2v) is 6.57. The van der Waals surface area contributed by atoms with Crippen LogP contribution in [0.1, 0.15) is 24.1 Å². The fourth-order valence-corrected chi connectivity index (χ4v) is 2.94. The molecule has 2 amide bonds. The number of H-pyrrole nitrogens is 1. The molecule has 5 nitrogen and oxygen atoms in total. The van der Waals surface area contributed by atoms with E-state index in [0.29, 0.717) is 16.8 Å². The molecule has 0 fully saturated rings. The number of pyridine rings is 1.